The summed E-state index contributed by atoms with van der Waals surface area (Å²) in [6, 6.07) is 4.08. The Morgan fingerprint density at radius 2 is 2.00 bits per heavy atom. The van der Waals surface area contributed by atoms with E-state index in [4.69, 9.17) is 9.10 Å². The van der Waals surface area contributed by atoms with Crippen LogP contribution in [0, 0.1) is 13.8 Å². The minimum absolute atomic E-state index is 0.191. The maximum Gasteiger partial charge on any atom is 0.236 e. The van der Waals surface area contributed by atoms with Gasteiger partial charge >= 0.3 is 0 Å². The smallest absolute Gasteiger partial charge is 0.236 e. The minimum atomic E-state index is -2.32. The zero-order chi connectivity index (χ0) is 26.5. The van der Waals surface area contributed by atoms with Gasteiger partial charge in [-0.15, -0.1) is 0 Å². The van der Waals surface area contributed by atoms with Gasteiger partial charge in [-0.05, 0) is 50.0 Å². The molecule has 1 saturated heterocycles. The Morgan fingerprint density at radius 3 is 2.74 bits per heavy atom. The van der Waals surface area contributed by atoms with Crippen molar-refractivity contribution in [3.05, 3.63) is 41.3 Å². The van der Waals surface area contributed by atoms with Crippen LogP contribution in [0.5, 0.6) is 0 Å². The van der Waals surface area contributed by atoms with E-state index >= 15 is 0 Å². The molecule has 178 valence electrons. The summed E-state index contributed by atoms with van der Waals surface area (Å²) in [5.74, 6) is 0.900. The lowest BCUT2D eigenvalue weighted by molar-refractivity contribution is -0.130. The highest BCUT2D eigenvalue weighted by atomic mass is 16.2. The van der Waals surface area contributed by atoms with E-state index in [1.807, 2.05) is 16.8 Å². The Kier molecular flexibility index (Phi) is 4.85. The van der Waals surface area contributed by atoms with Gasteiger partial charge in [0.05, 0.1) is 23.3 Å². The highest BCUT2D eigenvalue weighted by Crippen LogP contribution is 2.37. The molecule has 0 spiro atoms. The van der Waals surface area contributed by atoms with E-state index in [0.717, 1.165) is 50.4 Å². The molecule has 9 nitrogen and oxygen atoms in total. The molecule has 1 aliphatic rings. The Balaban J connectivity index is 1.43. The van der Waals surface area contributed by atoms with Crippen LogP contribution >= 0.6 is 0 Å². The molecule has 0 saturated carbocycles. The number of carbonyl (C=O) groups excluding carboxylic acids is 1. The number of fused-ring (bicyclic) bond motifs is 2. The monoisotopic (exact) mass is 463 g/mol. The predicted octanol–water partition coefficient (Wildman–Crippen LogP) is 2.88. The fourth-order valence-corrected chi connectivity index (χ4v) is 4.85. The first-order valence-electron chi connectivity index (χ1n) is 13.1. The number of carbonyl (C=O) groups is 1. The first-order chi connectivity index (χ1) is 17.5. The molecule has 0 unspecified atom stereocenters. The summed E-state index contributed by atoms with van der Waals surface area (Å²) in [6.07, 6.45) is 3.60. The quantitative estimate of drug-likeness (QED) is 0.473. The van der Waals surface area contributed by atoms with Crippen LogP contribution in [-0.4, -0.2) is 75.1 Å². The van der Waals surface area contributed by atoms with Crippen LogP contribution in [0.3, 0.4) is 0 Å². The van der Waals surface area contributed by atoms with E-state index in [1.165, 1.54) is 0 Å². The normalized spacial score (nSPS) is 16.3. The molecule has 0 aromatic carbocycles. The number of rotatable bonds is 5. The SMILES string of the molecule is [2H]C([2H])([2H])NCC(=O)N1CCN(c2ccc3[nH]c(-c4cn5ncnc5c(C)c4C)c(C(C)C)c3n2)CC1. The highest BCUT2D eigenvalue weighted by Gasteiger charge is 2.24. The number of hydrogen-bond acceptors (Lipinski definition) is 6. The third-order valence-corrected chi connectivity index (χ3v) is 6.83. The van der Waals surface area contributed by atoms with E-state index in [1.54, 1.807) is 11.2 Å². The van der Waals surface area contributed by atoms with Crippen LogP contribution in [0.25, 0.3) is 27.9 Å². The van der Waals surface area contributed by atoms with E-state index in [-0.39, 0.29) is 18.4 Å². The van der Waals surface area contributed by atoms with Crippen molar-refractivity contribution >= 4 is 28.4 Å². The van der Waals surface area contributed by atoms with Crippen molar-refractivity contribution in [2.45, 2.75) is 33.6 Å². The lowest BCUT2D eigenvalue weighted by Crippen LogP contribution is -2.50. The summed E-state index contributed by atoms with van der Waals surface area (Å²) >= 11 is 0. The molecule has 34 heavy (non-hydrogen) atoms. The number of aryl methyl sites for hydroxylation is 1. The Bertz CT molecular complexity index is 1460. The van der Waals surface area contributed by atoms with Gasteiger partial charge in [0.25, 0.3) is 0 Å². The fraction of sp³-hybridized carbons (Fsp3) is 0.440. The number of nitrogens with zero attached hydrogens (tertiary/aromatic N) is 6. The van der Waals surface area contributed by atoms with Gasteiger partial charge in [-0.1, -0.05) is 13.8 Å². The van der Waals surface area contributed by atoms with Crippen LogP contribution in [0.1, 0.15) is 40.6 Å². The number of piperazine rings is 1. The van der Waals surface area contributed by atoms with Gasteiger partial charge in [-0.2, -0.15) is 5.10 Å². The minimum Gasteiger partial charge on any atom is -0.353 e. The number of pyridine rings is 2. The van der Waals surface area contributed by atoms with Gasteiger partial charge in [0.2, 0.25) is 5.91 Å². The summed E-state index contributed by atoms with van der Waals surface area (Å²) < 4.78 is 23.5. The van der Waals surface area contributed by atoms with E-state index in [9.17, 15) is 4.79 Å². The topological polar surface area (TPSA) is 94.5 Å². The molecule has 5 rings (SSSR count). The Morgan fingerprint density at radius 1 is 1.21 bits per heavy atom. The molecular formula is C25H32N8O. The molecule has 0 aliphatic carbocycles. The Hall–Kier alpha value is -3.46. The average Bonchev–Trinajstić information content (AvgIpc) is 3.48. The van der Waals surface area contributed by atoms with E-state index in [0.29, 0.717) is 26.2 Å². The van der Waals surface area contributed by atoms with Gasteiger partial charge in [-0.3, -0.25) is 4.79 Å². The molecule has 4 aromatic rings. The highest BCUT2D eigenvalue weighted by molar-refractivity contribution is 5.90. The number of H-pyrrole nitrogens is 1. The second kappa shape index (κ2) is 8.72. The molecule has 1 aliphatic heterocycles. The standard InChI is InChI=1S/C25H32N8O/c1-15(2)22-23(18-13-33-25(27-14-28-33)17(4)16(18)3)29-19-6-7-20(30-24(19)22)31-8-10-32(11-9-31)21(34)12-26-5/h6-7,13-15,26,29H,8-12H2,1-5H3/i5D3. The lowest BCUT2D eigenvalue weighted by atomic mass is 9.95. The third kappa shape index (κ3) is 3.69. The number of aromatic amines is 1. The molecule has 2 N–H and O–H groups in total. The number of aromatic nitrogens is 5. The third-order valence-electron chi connectivity index (χ3n) is 6.83. The maximum absolute atomic E-state index is 12.4. The van der Waals surface area contributed by atoms with Crippen molar-refractivity contribution in [1.82, 2.24) is 34.8 Å². The predicted molar refractivity (Wildman–Crippen MR) is 134 cm³/mol. The average molecular weight is 464 g/mol. The second-order valence-corrected chi connectivity index (χ2v) is 9.18. The van der Waals surface area contributed by atoms with Crippen molar-refractivity contribution in [3.63, 3.8) is 0 Å². The molecule has 0 radical (unpaired) electrons. The second-order valence-electron chi connectivity index (χ2n) is 9.18. The summed E-state index contributed by atoms with van der Waals surface area (Å²) in [5.41, 5.74) is 8.31. The summed E-state index contributed by atoms with van der Waals surface area (Å²) in [4.78, 5) is 29.4. The molecule has 0 atom stereocenters. The molecule has 4 aromatic heterocycles. The van der Waals surface area contributed by atoms with Gasteiger partial charge in [0, 0.05) is 47.6 Å². The molecular weight excluding hydrogens is 428 g/mol. The number of nitrogens with one attached hydrogen (secondary N) is 2. The fourth-order valence-electron chi connectivity index (χ4n) is 4.85. The van der Waals surface area contributed by atoms with Gasteiger partial charge in [-0.25, -0.2) is 14.5 Å². The van der Waals surface area contributed by atoms with Crippen LogP contribution in [-0.2, 0) is 4.79 Å². The molecule has 5 heterocycles. The summed E-state index contributed by atoms with van der Waals surface area (Å²) in [5, 5.41) is 6.66. The summed E-state index contributed by atoms with van der Waals surface area (Å²) in [6.45, 7) is 8.33. The van der Waals surface area contributed by atoms with Gasteiger partial charge in [0.1, 0.15) is 12.1 Å². The number of likely N-dealkylation sites (N-methyl/N-ethyl adjacent to an activating group) is 1. The van der Waals surface area contributed by atoms with Crippen LogP contribution < -0.4 is 10.2 Å². The van der Waals surface area contributed by atoms with Crippen molar-refractivity contribution < 1.29 is 8.91 Å². The van der Waals surface area contributed by atoms with Crippen molar-refractivity contribution in [2.75, 3.05) is 44.6 Å². The molecule has 1 fully saturated rings. The van der Waals surface area contributed by atoms with Gasteiger partial charge in [0.15, 0.2) is 5.65 Å². The molecule has 9 heteroatoms. The zero-order valence-electron chi connectivity index (χ0n) is 23.0. The molecule has 1 amide bonds. The lowest BCUT2D eigenvalue weighted by Gasteiger charge is -2.35. The zero-order valence-corrected chi connectivity index (χ0v) is 20.0. The van der Waals surface area contributed by atoms with Crippen LogP contribution in [0.15, 0.2) is 24.7 Å². The van der Waals surface area contributed by atoms with E-state index < -0.39 is 6.98 Å². The van der Waals surface area contributed by atoms with Crippen molar-refractivity contribution in [3.8, 4) is 11.3 Å². The number of amides is 1. The van der Waals surface area contributed by atoms with Crippen LogP contribution in [0.2, 0.25) is 0 Å². The number of anilines is 1. The van der Waals surface area contributed by atoms with Crippen molar-refractivity contribution in [2.24, 2.45) is 0 Å². The largest absolute Gasteiger partial charge is 0.353 e. The Labute approximate surface area is 203 Å². The maximum atomic E-state index is 12.4. The molecule has 0 bridgehead atoms. The van der Waals surface area contributed by atoms with Crippen molar-refractivity contribution in [1.29, 1.82) is 0 Å². The van der Waals surface area contributed by atoms with Gasteiger partial charge < -0.3 is 20.1 Å². The summed E-state index contributed by atoms with van der Waals surface area (Å²) in [7, 11) is 0. The van der Waals surface area contributed by atoms with E-state index in [2.05, 4.69) is 59.0 Å². The van der Waals surface area contributed by atoms with Crippen LogP contribution in [0.4, 0.5) is 5.82 Å². The number of hydrogen-bond donors (Lipinski definition) is 2. The first-order valence-corrected chi connectivity index (χ1v) is 11.6. The first kappa shape index (κ1) is 18.9.